The highest BCUT2D eigenvalue weighted by Gasteiger charge is 2.56. The lowest BCUT2D eigenvalue weighted by molar-refractivity contribution is -0.120. The van der Waals surface area contributed by atoms with E-state index >= 15 is 0 Å². The van der Waals surface area contributed by atoms with Gasteiger partial charge in [0.1, 0.15) is 22.1 Å². The molecule has 1 aliphatic carbocycles. The largest absolute Gasteiger partial charge is 0.444 e. The quantitative estimate of drug-likeness (QED) is 0.776. The van der Waals surface area contributed by atoms with Crippen molar-refractivity contribution in [3.63, 3.8) is 0 Å². The van der Waals surface area contributed by atoms with E-state index in [0.717, 1.165) is 12.8 Å². The van der Waals surface area contributed by atoms with Crippen molar-refractivity contribution in [2.75, 3.05) is 11.9 Å². The predicted molar refractivity (Wildman–Crippen MR) is 93.6 cm³/mol. The Bertz CT molecular complexity index is 667. The maximum atomic E-state index is 12.7. The average molecular weight is 396 g/mol. The van der Waals surface area contributed by atoms with Gasteiger partial charge in [0.25, 0.3) is 0 Å². The van der Waals surface area contributed by atoms with E-state index in [9.17, 15) is 9.59 Å². The summed E-state index contributed by atoms with van der Waals surface area (Å²) in [6, 6.07) is 4.80. The van der Waals surface area contributed by atoms with Crippen LogP contribution in [0.25, 0.3) is 0 Å². The van der Waals surface area contributed by atoms with E-state index in [2.05, 4.69) is 26.2 Å². The van der Waals surface area contributed by atoms with Crippen molar-refractivity contribution in [2.24, 2.45) is 5.41 Å². The molecule has 1 aliphatic heterocycles. The first-order valence-electron chi connectivity index (χ1n) is 8.11. The van der Waals surface area contributed by atoms with Gasteiger partial charge in [0.05, 0.1) is 0 Å². The van der Waals surface area contributed by atoms with Gasteiger partial charge < -0.3 is 10.1 Å². The molecule has 130 valence electrons. The van der Waals surface area contributed by atoms with Gasteiger partial charge in [-0.25, -0.2) is 9.78 Å². The summed E-state index contributed by atoms with van der Waals surface area (Å²) in [6.07, 6.45) is 2.39. The third-order valence-electron chi connectivity index (χ3n) is 4.36. The Morgan fingerprint density at radius 1 is 1.38 bits per heavy atom. The molecule has 1 atom stereocenters. The first-order valence-corrected chi connectivity index (χ1v) is 8.90. The topological polar surface area (TPSA) is 71.5 Å². The molecule has 2 fully saturated rings. The summed E-state index contributed by atoms with van der Waals surface area (Å²) >= 11 is 3.28. The van der Waals surface area contributed by atoms with Gasteiger partial charge in [-0.1, -0.05) is 6.07 Å². The Morgan fingerprint density at radius 2 is 2.08 bits per heavy atom. The van der Waals surface area contributed by atoms with Gasteiger partial charge in [0.15, 0.2) is 0 Å². The number of hydrogen-bond acceptors (Lipinski definition) is 4. The zero-order chi connectivity index (χ0) is 17.5. The first kappa shape index (κ1) is 17.2. The molecule has 2 heterocycles. The second-order valence-electron chi connectivity index (χ2n) is 7.66. The number of amides is 2. The monoisotopic (exact) mass is 395 g/mol. The summed E-state index contributed by atoms with van der Waals surface area (Å²) in [5, 5.41) is 2.81. The van der Waals surface area contributed by atoms with Crippen LogP contribution in [0.4, 0.5) is 10.6 Å². The van der Waals surface area contributed by atoms with E-state index in [-0.39, 0.29) is 11.3 Å². The van der Waals surface area contributed by atoms with Crippen molar-refractivity contribution in [1.29, 1.82) is 0 Å². The van der Waals surface area contributed by atoms with Crippen molar-refractivity contribution in [3.05, 3.63) is 22.8 Å². The number of rotatable bonds is 2. The normalized spacial score (nSPS) is 21.7. The van der Waals surface area contributed by atoms with Crippen molar-refractivity contribution in [2.45, 2.75) is 51.7 Å². The molecule has 1 spiro atoms. The van der Waals surface area contributed by atoms with Gasteiger partial charge in [-0.2, -0.15) is 0 Å². The lowest BCUT2D eigenvalue weighted by atomic mass is 10.0. The Labute approximate surface area is 150 Å². The van der Waals surface area contributed by atoms with Crippen LogP contribution < -0.4 is 5.32 Å². The smallest absolute Gasteiger partial charge is 0.410 e. The van der Waals surface area contributed by atoms with Crippen LogP contribution in [0.1, 0.15) is 40.0 Å². The molecular formula is C17H22BrN3O3. The molecule has 0 bridgehead atoms. The second kappa shape index (κ2) is 6.02. The molecule has 24 heavy (non-hydrogen) atoms. The first-order chi connectivity index (χ1) is 11.2. The van der Waals surface area contributed by atoms with Crippen molar-refractivity contribution in [1.82, 2.24) is 9.88 Å². The molecular weight excluding hydrogens is 374 g/mol. The number of halogens is 1. The fourth-order valence-electron chi connectivity index (χ4n) is 3.03. The van der Waals surface area contributed by atoms with E-state index < -0.39 is 17.7 Å². The zero-order valence-electron chi connectivity index (χ0n) is 14.1. The van der Waals surface area contributed by atoms with Gasteiger partial charge in [-0.15, -0.1) is 0 Å². The Balaban J connectivity index is 1.73. The molecule has 1 aromatic heterocycles. The van der Waals surface area contributed by atoms with E-state index in [0.29, 0.717) is 23.4 Å². The summed E-state index contributed by atoms with van der Waals surface area (Å²) in [5.74, 6) is 0.255. The number of likely N-dealkylation sites (tertiary alicyclic amines) is 1. The lowest BCUT2D eigenvalue weighted by Gasteiger charge is -2.28. The Kier molecular flexibility index (Phi) is 4.32. The summed E-state index contributed by atoms with van der Waals surface area (Å²) in [5.41, 5.74) is -0.479. The number of carbonyl (C=O) groups excluding carboxylic acids is 2. The van der Waals surface area contributed by atoms with E-state index in [1.807, 2.05) is 20.8 Å². The molecule has 1 N–H and O–H groups in total. The number of anilines is 1. The molecule has 1 unspecified atom stereocenters. The molecule has 0 aromatic carbocycles. The summed E-state index contributed by atoms with van der Waals surface area (Å²) in [7, 11) is 0. The molecule has 2 aliphatic rings. The molecule has 1 aromatic rings. The van der Waals surface area contributed by atoms with Crippen LogP contribution in [0.3, 0.4) is 0 Å². The minimum Gasteiger partial charge on any atom is -0.444 e. The number of ether oxygens (including phenoxy) is 1. The Morgan fingerprint density at radius 3 is 2.67 bits per heavy atom. The van der Waals surface area contributed by atoms with Crippen molar-refractivity contribution >= 4 is 33.7 Å². The highest BCUT2D eigenvalue weighted by Crippen LogP contribution is 2.55. The third kappa shape index (κ3) is 3.88. The standard InChI is InChI=1S/C17H22BrN3O3/c1-16(2,3)24-15(23)21-10-17(7-8-17)9-11(21)14(22)20-13-6-4-5-12(18)19-13/h4-6,11H,7-10H2,1-3H3,(H,19,20,22). The van der Waals surface area contributed by atoms with E-state index in [1.54, 1.807) is 23.1 Å². The van der Waals surface area contributed by atoms with Crippen LogP contribution >= 0.6 is 15.9 Å². The highest BCUT2D eigenvalue weighted by atomic mass is 79.9. The van der Waals surface area contributed by atoms with Crippen LogP contribution in [-0.4, -0.2) is 40.1 Å². The zero-order valence-corrected chi connectivity index (χ0v) is 15.7. The summed E-state index contributed by atoms with van der Waals surface area (Å²) in [4.78, 5) is 31.0. The van der Waals surface area contributed by atoms with E-state index in [4.69, 9.17) is 4.74 Å². The van der Waals surface area contributed by atoms with Crippen molar-refractivity contribution < 1.29 is 14.3 Å². The van der Waals surface area contributed by atoms with Gasteiger partial charge >= 0.3 is 6.09 Å². The van der Waals surface area contributed by atoms with Crippen LogP contribution in [0.5, 0.6) is 0 Å². The van der Waals surface area contributed by atoms with Gasteiger partial charge in [0.2, 0.25) is 5.91 Å². The maximum absolute atomic E-state index is 12.7. The Hall–Kier alpha value is -1.63. The second-order valence-corrected chi connectivity index (χ2v) is 8.48. The van der Waals surface area contributed by atoms with Crippen LogP contribution in [-0.2, 0) is 9.53 Å². The van der Waals surface area contributed by atoms with Crippen molar-refractivity contribution in [3.8, 4) is 0 Å². The van der Waals surface area contributed by atoms with Gasteiger partial charge in [-0.3, -0.25) is 9.69 Å². The molecule has 1 saturated carbocycles. The number of hydrogen-bond donors (Lipinski definition) is 1. The molecule has 7 heteroatoms. The van der Waals surface area contributed by atoms with Gasteiger partial charge in [-0.05, 0) is 73.5 Å². The molecule has 6 nitrogen and oxygen atoms in total. The molecule has 2 amide bonds. The SMILES string of the molecule is CC(C)(C)OC(=O)N1CC2(CC2)CC1C(=O)Nc1cccc(Br)n1. The maximum Gasteiger partial charge on any atom is 0.410 e. The summed E-state index contributed by atoms with van der Waals surface area (Å²) in [6.45, 7) is 6.07. The number of carbonyl (C=O) groups is 2. The fraction of sp³-hybridized carbons (Fsp3) is 0.588. The van der Waals surface area contributed by atoms with E-state index in [1.165, 1.54) is 0 Å². The van der Waals surface area contributed by atoms with Crippen LogP contribution in [0, 0.1) is 5.41 Å². The van der Waals surface area contributed by atoms with Crippen LogP contribution in [0.2, 0.25) is 0 Å². The minimum absolute atomic E-state index is 0.101. The highest BCUT2D eigenvalue weighted by molar-refractivity contribution is 9.10. The minimum atomic E-state index is -0.580. The van der Waals surface area contributed by atoms with Crippen LogP contribution in [0.15, 0.2) is 22.8 Å². The van der Waals surface area contributed by atoms with Gasteiger partial charge in [0, 0.05) is 6.54 Å². The molecule has 1 saturated heterocycles. The number of pyridine rings is 1. The number of nitrogens with one attached hydrogen (secondary N) is 1. The third-order valence-corrected chi connectivity index (χ3v) is 4.80. The fourth-order valence-corrected chi connectivity index (χ4v) is 3.37. The molecule has 0 radical (unpaired) electrons. The molecule has 3 rings (SSSR count). The lowest BCUT2D eigenvalue weighted by Crippen LogP contribution is -2.45. The summed E-state index contributed by atoms with van der Waals surface area (Å²) < 4.78 is 6.12. The average Bonchev–Trinajstić information content (AvgIpc) is 3.07. The number of nitrogens with zero attached hydrogens (tertiary/aromatic N) is 2. The number of aromatic nitrogens is 1. The predicted octanol–water partition coefficient (Wildman–Crippen LogP) is 3.57.